The summed E-state index contributed by atoms with van der Waals surface area (Å²) in [4.78, 5) is 17.1. The van der Waals surface area contributed by atoms with Crippen LogP contribution in [0.25, 0.3) is 0 Å². The minimum atomic E-state index is -0.356. The molecule has 0 unspecified atom stereocenters. The summed E-state index contributed by atoms with van der Waals surface area (Å²) in [7, 11) is 0. The van der Waals surface area contributed by atoms with E-state index in [1.54, 1.807) is 30.6 Å². The molecule has 0 atom stereocenters. The van der Waals surface area contributed by atoms with Crippen LogP contribution in [0.15, 0.2) is 65.3 Å². The van der Waals surface area contributed by atoms with Gasteiger partial charge in [0.1, 0.15) is 23.9 Å². The smallest absolute Gasteiger partial charge is 0.303 e. The van der Waals surface area contributed by atoms with Gasteiger partial charge >= 0.3 is 5.97 Å². The summed E-state index contributed by atoms with van der Waals surface area (Å²) < 4.78 is 24.8. The van der Waals surface area contributed by atoms with Crippen molar-refractivity contribution in [3.63, 3.8) is 0 Å². The third kappa shape index (κ3) is 5.76. The van der Waals surface area contributed by atoms with Gasteiger partial charge in [-0.3, -0.25) is 14.7 Å². The highest BCUT2D eigenvalue weighted by Gasteiger charge is 2.13. The monoisotopic (exact) mass is 368 g/mol. The van der Waals surface area contributed by atoms with E-state index in [0.717, 1.165) is 11.3 Å². The van der Waals surface area contributed by atoms with E-state index in [2.05, 4.69) is 9.88 Å². The van der Waals surface area contributed by atoms with Crippen LogP contribution in [0.4, 0.5) is 4.39 Å². The highest BCUT2D eigenvalue weighted by Crippen LogP contribution is 2.18. The van der Waals surface area contributed by atoms with Crippen molar-refractivity contribution in [3.05, 3.63) is 89.4 Å². The first-order valence-electron chi connectivity index (χ1n) is 8.66. The normalized spacial score (nSPS) is 10.9. The lowest BCUT2D eigenvalue weighted by atomic mass is 10.1. The molecule has 5 nitrogen and oxygen atoms in total. The van der Waals surface area contributed by atoms with Gasteiger partial charge in [-0.25, -0.2) is 4.39 Å². The summed E-state index contributed by atoms with van der Waals surface area (Å²) >= 11 is 0. The van der Waals surface area contributed by atoms with E-state index in [1.165, 1.54) is 13.0 Å². The molecule has 3 rings (SSSR count). The van der Waals surface area contributed by atoms with Gasteiger partial charge in [0, 0.05) is 38.0 Å². The molecule has 27 heavy (non-hydrogen) atoms. The van der Waals surface area contributed by atoms with Crippen LogP contribution in [-0.4, -0.2) is 15.9 Å². The highest BCUT2D eigenvalue weighted by molar-refractivity contribution is 5.65. The van der Waals surface area contributed by atoms with Crippen molar-refractivity contribution in [1.82, 2.24) is 9.88 Å². The first-order chi connectivity index (χ1) is 13.1. The van der Waals surface area contributed by atoms with E-state index >= 15 is 0 Å². The van der Waals surface area contributed by atoms with E-state index in [9.17, 15) is 9.18 Å². The van der Waals surface area contributed by atoms with Crippen molar-refractivity contribution in [2.45, 2.75) is 33.2 Å². The molecule has 0 aliphatic carbocycles. The van der Waals surface area contributed by atoms with Gasteiger partial charge in [0.15, 0.2) is 0 Å². The zero-order valence-electron chi connectivity index (χ0n) is 15.1. The molecule has 0 spiro atoms. The number of carbonyl (C=O) groups is 1. The maximum Gasteiger partial charge on any atom is 0.303 e. The number of aromatic nitrogens is 1. The third-order valence-corrected chi connectivity index (χ3v) is 4.00. The Morgan fingerprint density at radius 3 is 2.63 bits per heavy atom. The van der Waals surface area contributed by atoms with Crippen molar-refractivity contribution in [2.75, 3.05) is 0 Å². The van der Waals surface area contributed by atoms with E-state index in [4.69, 9.17) is 9.15 Å². The zero-order chi connectivity index (χ0) is 19.1. The Morgan fingerprint density at radius 1 is 1.07 bits per heavy atom. The van der Waals surface area contributed by atoms with E-state index in [-0.39, 0.29) is 18.4 Å². The summed E-state index contributed by atoms with van der Waals surface area (Å²) in [6.07, 6.45) is 3.52. The molecule has 0 bridgehead atoms. The molecule has 0 radical (unpaired) electrons. The number of esters is 1. The van der Waals surface area contributed by atoms with E-state index in [0.29, 0.717) is 31.0 Å². The standard InChI is InChI=1S/C21H21FN2O3/c1-16(25)26-15-20-9-8-19(27-20)14-24(12-17-5-4-10-23-11-17)13-18-6-2-3-7-21(18)22/h2-11H,12-15H2,1H3. The Balaban J connectivity index is 1.73. The van der Waals surface area contributed by atoms with Crippen molar-refractivity contribution in [1.29, 1.82) is 0 Å². The van der Waals surface area contributed by atoms with Gasteiger partial charge in [0.05, 0.1) is 6.54 Å². The second-order valence-electron chi connectivity index (χ2n) is 6.25. The van der Waals surface area contributed by atoms with Crippen molar-refractivity contribution >= 4 is 5.97 Å². The highest BCUT2D eigenvalue weighted by atomic mass is 19.1. The zero-order valence-corrected chi connectivity index (χ0v) is 15.1. The third-order valence-electron chi connectivity index (χ3n) is 4.00. The van der Waals surface area contributed by atoms with Crippen LogP contribution >= 0.6 is 0 Å². The molecule has 0 amide bonds. The fraction of sp³-hybridized carbons (Fsp3) is 0.238. The van der Waals surface area contributed by atoms with Crippen LogP contribution in [0.3, 0.4) is 0 Å². The number of rotatable bonds is 8. The quantitative estimate of drug-likeness (QED) is 0.561. The van der Waals surface area contributed by atoms with Gasteiger partial charge in [0.25, 0.3) is 0 Å². The molecule has 1 aromatic carbocycles. The lowest BCUT2D eigenvalue weighted by Gasteiger charge is -2.21. The fourth-order valence-electron chi connectivity index (χ4n) is 2.76. The minimum absolute atomic E-state index is 0.102. The number of halogens is 1. The second-order valence-corrected chi connectivity index (χ2v) is 6.25. The molecule has 2 aromatic heterocycles. The van der Waals surface area contributed by atoms with Crippen molar-refractivity contribution in [3.8, 4) is 0 Å². The fourth-order valence-corrected chi connectivity index (χ4v) is 2.76. The van der Waals surface area contributed by atoms with Crippen LogP contribution in [0, 0.1) is 5.82 Å². The Morgan fingerprint density at radius 2 is 1.89 bits per heavy atom. The van der Waals surface area contributed by atoms with Crippen LogP contribution < -0.4 is 0 Å². The average Bonchev–Trinajstić information content (AvgIpc) is 3.10. The maximum atomic E-state index is 14.1. The molecule has 2 heterocycles. The Labute approximate surface area is 157 Å². The lowest BCUT2D eigenvalue weighted by molar-refractivity contribution is -0.142. The Hall–Kier alpha value is -2.99. The molecule has 0 fully saturated rings. The molecule has 0 N–H and O–H groups in total. The number of pyridine rings is 1. The number of nitrogens with zero attached hydrogens (tertiary/aromatic N) is 2. The number of hydrogen-bond donors (Lipinski definition) is 0. The first kappa shape index (κ1) is 18.8. The molecule has 3 aromatic rings. The molecule has 0 saturated carbocycles. The molecule has 0 aliphatic heterocycles. The van der Waals surface area contributed by atoms with Crippen molar-refractivity contribution < 1.29 is 18.3 Å². The summed E-state index contributed by atoms with van der Waals surface area (Å²) in [5.41, 5.74) is 1.65. The lowest BCUT2D eigenvalue weighted by Crippen LogP contribution is -2.22. The van der Waals surface area contributed by atoms with Crippen LogP contribution in [0.5, 0.6) is 0 Å². The molecule has 0 saturated heterocycles. The number of hydrogen-bond acceptors (Lipinski definition) is 5. The second kappa shape index (κ2) is 9.09. The number of carbonyl (C=O) groups excluding carboxylic acids is 1. The molecular formula is C21H21FN2O3. The number of ether oxygens (including phenoxy) is 1. The summed E-state index contributed by atoms with van der Waals surface area (Å²) in [6.45, 7) is 2.98. The van der Waals surface area contributed by atoms with Gasteiger partial charge in [-0.2, -0.15) is 0 Å². The predicted octanol–water partition coefficient (Wildman–Crippen LogP) is 4.08. The Bertz CT molecular complexity index is 880. The molecule has 140 valence electrons. The Kier molecular flexibility index (Phi) is 6.33. The van der Waals surface area contributed by atoms with E-state index < -0.39 is 0 Å². The summed E-state index contributed by atoms with van der Waals surface area (Å²) in [5.74, 6) is 0.708. The minimum Gasteiger partial charge on any atom is -0.461 e. The average molecular weight is 368 g/mol. The first-order valence-corrected chi connectivity index (χ1v) is 8.66. The van der Waals surface area contributed by atoms with Gasteiger partial charge in [-0.1, -0.05) is 24.3 Å². The van der Waals surface area contributed by atoms with E-state index in [1.807, 2.05) is 24.3 Å². The van der Waals surface area contributed by atoms with Crippen molar-refractivity contribution in [2.24, 2.45) is 0 Å². The van der Waals surface area contributed by atoms with Gasteiger partial charge < -0.3 is 9.15 Å². The predicted molar refractivity (Wildman–Crippen MR) is 97.8 cm³/mol. The van der Waals surface area contributed by atoms with Crippen LogP contribution in [0.1, 0.15) is 29.6 Å². The molecule has 6 heteroatoms. The van der Waals surface area contributed by atoms with Crippen LogP contribution in [0.2, 0.25) is 0 Å². The van der Waals surface area contributed by atoms with Gasteiger partial charge in [-0.05, 0) is 29.8 Å². The summed E-state index contributed by atoms with van der Waals surface area (Å²) in [5, 5.41) is 0. The topological polar surface area (TPSA) is 55.6 Å². The van der Waals surface area contributed by atoms with Gasteiger partial charge in [-0.15, -0.1) is 0 Å². The number of benzene rings is 1. The number of furan rings is 1. The molecular weight excluding hydrogens is 347 g/mol. The maximum absolute atomic E-state index is 14.1. The van der Waals surface area contributed by atoms with Crippen LogP contribution in [-0.2, 0) is 35.8 Å². The molecule has 0 aliphatic rings. The largest absolute Gasteiger partial charge is 0.461 e. The SMILES string of the molecule is CC(=O)OCc1ccc(CN(Cc2cccnc2)Cc2ccccc2F)o1. The summed E-state index contributed by atoms with van der Waals surface area (Å²) in [6, 6.07) is 14.2. The van der Waals surface area contributed by atoms with Gasteiger partial charge in [0.2, 0.25) is 0 Å².